The third kappa shape index (κ3) is 3.89. The lowest BCUT2D eigenvalue weighted by Crippen LogP contribution is -2.25. The van der Waals surface area contributed by atoms with Crippen molar-refractivity contribution in [2.45, 2.75) is 26.8 Å². The summed E-state index contributed by atoms with van der Waals surface area (Å²) in [4.78, 5) is 17.4. The number of amides is 1. The molecule has 0 spiro atoms. The molecule has 5 heteroatoms. The van der Waals surface area contributed by atoms with E-state index in [4.69, 9.17) is 11.6 Å². The molecule has 0 saturated carbocycles. The first-order valence-corrected chi connectivity index (χ1v) is 10.0. The van der Waals surface area contributed by atoms with Crippen molar-refractivity contribution in [3.05, 3.63) is 94.4 Å². The molecule has 2 aromatic heterocycles. The lowest BCUT2D eigenvalue weighted by atomic mass is 10.00. The van der Waals surface area contributed by atoms with Crippen LogP contribution in [0.5, 0.6) is 0 Å². The third-order valence-corrected chi connectivity index (χ3v) is 5.31. The second-order valence-corrected chi connectivity index (χ2v) is 7.46. The van der Waals surface area contributed by atoms with Gasteiger partial charge in [0.05, 0.1) is 5.69 Å². The smallest absolute Gasteiger partial charge is 0.270 e. The molecule has 0 aliphatic heterocycles. The zero-order valence-electron chi connectivity index (χ0n) is 16.4. The summed E-state index contributed by atoms with van der Waals surface area (Å²) >= 11 is 6.06. The Labute approximate surface area is 175 Å². The second kappa shape index (κ2) is 8.10. The van der Waals surface area contributed by atoms with E-state index in [1.807, 2.05) is 19.1 Å². The molecule has 2 aromatic carbocycles. The maximum Gasteiger partial charge on any atom is 0.270 e. The Balaban J connectivity index is 1.52. The number of hydrogen-bond donors (Lipinski definition) is 1. The van der Waals surface area contributed by atoms with Crippen molar-refractivity contribution in [2.24, 2.45) is 0 Å². The number of nitrogens with zero attached hydrogens (tertiary/aromatic N) is 2. The Bertz CT molecular complexity index is 1180. The molecule has 29 heavy (non-hydrogen) atoms. The van der Waals surface area contributed by atoms with Crippen LogP contribution in [0.15, 0.2) is 66.9 Å². The topological polar surface area (TPSA) is 46.4 Å². The van der Waals surface area contributed by atoms with Crippen molar-refractivity contribution in [3.63, 3.8) is 0 Å². The molecule has 0 bridgehead atoms. The highest BCUT2D eigenvalue weighted by Gasteiger charge is 2.18. The van der Waals surface area contributed by atoms with Crippen LogP contribution >= 0.6 is 11.6 Å². The highest BCUT2D eigenvalue weighted by atomic mass is 35.5. The lowest BCUT2D eigenvalue weighted by molar-refractivity contribution is 0.0944. The average Bonchev–Trinajstić information content (AvgIpc) is 3.10. The van der Waals surface area contributed by atoms with Gasteiger partial charge in [0.1, 0.15) is 11.3 Å². The zero-order valence-corrected chi connectivity index (χ0v) is 17.2. The number of carbonyl (C=O) groups is 1. The minimum Gasteiger partial charge on any atom is -0.347 e. The van der Waals surface area contributed by atoms with Gasteiger partial charge in [0.15, 0.2) is 0 Å². The molecule has 4 nitrogen and oxygen atoms in total. The lowest BCUT2D eigenvalue weighted by Gasteiger charge is -2.09. The van der Waals surface area contributed by atoms with Crippen LogP contribution in [0.3, 0.4) is 0 Å². The molecule has 4 rings (SSSR count). The van der Waals surface area contributed by atoms with Gasteiger partial charge in [-0.05, 0) is 41.7 Å². The molecule has 0 saturated heterocycles. The van der Waals surface area contributed by atoms with Crippen LogP contribution in [0.1, 0.15) is 34.2 Å². The summed E-state index contributed by atoms with van der Waals surface area (Å²) in [5.74, 6) is -0.139. The van der Waals surface area contributed by atoms with E-state index in [2.05, 4.69) is 53.6 Å². The number of carbonyl (C=O) groups excluding carboxylic acids is 1. The van der Waals surface area contributed by atoms with Crippen molar-refractivity contribution < 1.29 is 4.79 Å². The van der Waals surface area contributed by atoms with Crippen LogP contribution in [0, 0.1) is 6.92 Å². The first-order chi connectivity index (χ1) is 14.1. The van der Waals surface area contributed by atoms with Crippen LogP contribution in [0.25, 0.3) is 16.8 Å². The molecule has 0 atom stereocenters. The number of benzene rings is 2. The number of aromatic nitrogens is 2. The Morgan fingerprint density at radius 3 is 2.59 bits per heavy atom. The van der Waals surface area contributed by atoms with E-state index < -0.39 is 0 Å². The highest BCUT2D eigenvalue weighted by molar-refractivity contribution is 6.30. The summed E-state index contributed by atoms with van der Waals surface area (Å²) in [6, 6.07) is 20.1. The molecule has 0 unspecified atom stereocenters. The standard InChI is InChI=1S/C24H22ClN3O/c1-3-21-23(28-13-12-19(25)14-22(28)27-21)24(29)26-15-17-8-10-18(11-9-17)20-7-5-4-6-16(20)2/h4-14H,3,15H2,1-2H3,(H,26,29). The predicted octanol–water partition coefficient (Wildman–Crippen LogP) is 5.46. The summed E-state index contributed by atoms with van der Waals surface area (Å²) in [6.45, 7) is 4.55. The van der Waals surface area contributed by atoms with Gasteiger partial charge >= 0.3 is 0 Å². The Kier molecular flexibility index (Phi) is 5.36. The van der Waals surface area contributed by atoms with Crippen molar-refractivity contribution in [1.82, 2.24) is 14.7 Å². The van der Waals surface area contributed by atoms with Gasteiger partial charge in [-0.15, -0.1) is 0 Å². The summed E-state index contributed by atoms with van der Waals surface area (Å²) in [5, 5.41) is 3.62. The number of nitrogens with one attached hydrogen (secondary N) is 1. The third-order valence-electron chi connectivity index (χ3n) is 5.07. The molecule has 146 valence electrons. The number of hydrogen-bond acceptors (Lipinski definition) is 2. The first kappa shape index (κ1) is 19.2. The fourth-order valence-electron chi connectivity index (χ4n) is 3.52. The van der Waals surface area contributed by atoms with E-state index >= 15 is 0 Å². The van der Waals surface area contributed by atoms with E-state index in [0.29, 0.717) is 29.3 Å². The molecular formula is C24H22ClN3O. The molecule has 0 radical (unpaired) electrons. The molecule has 4 aromatic rings. The van der Waals surface area contributed by atoms with E-state index in [1.54, 1.807) is 22.7 Å². The Morgan fingerprint density at radius 1 is 1.10 bits per heavy atom. The monoisotopic (exact) mass is 403 g/mol. The van der Waals surface area contributed by atoms with Crippen LogP contribution in [-0.4, -0.2) is 15.3 Å². The van der Waals surface area contributed by atoms with Gasteiger partial charge in [-0.25, -0.2) is 4.98 Å². The van der Waals surface area contributed by atoms with Crippen molar-refractivity contribution in [3.8, 4) is 11.1 Å². The molecule has 1 amide bonds. The number of aryl methyl sites for hydroxylation is 2. The van der Waals surface area contributed by atoms with E-state index in [9.17, 15) is 4.79 Å². The number of imidazole rings is 1. The number of pyridine rings is 1. The zero-order chi connectivity index (χ0) is 20.4. The van der Waals surface area contributed by atoms with E-state index in [0.717, 1.165) is 11.3 Å². The minimum atomic E-state index is -0.139. The SMILES string of the molecule is CCc1nc2cc(Cl)ccn2c1C(=O)NCc1ccc(-c2ccccc2C)cc1. The largest absolute Gasteiger partial charge is 0.347 e. The average molecular weight is 404 g/mol. The van der Waals surface area contributed by atoms with Crippen LogP contribution in [-0.2, 0) is 13.0 Å². The molecule has 0 aliphatic rings. The van der Waals surface area contributed by atoms with Crippen LogP contribution in [0.4, 0.5) is 0 Å². The van der Waals surface area contributed by atoms with Gasteiger partial charge in [0.25, 0.3) is 5.91 Å². The summed E-state index contributed by atoms with van der Waals surface area (Å²) in [7, 11) is 0. The van der Waals surface area contributed by atoms with Crippen molar-refractivity contribution in [2.75, 3.05) is 0 Å². The van der Waals surface area contributed by atoms with Gasteiger partial charge in [-0.3, -0.25) is 9.20 Å². The first-order valence-electron chi connectivity index (χ1n) is 9.66. The van der Waals surface area contributed by atoms with Crippen LogP contribution < -0.4 is 5.32 Å². The molecule has 0 aliphatic carbocycles. The molecule has 2 heterocycles. The molecule has 0 fully saturated rings. The molecular weight excluding hydrogens is 382 g/mol. The summed E-state index contributed by atoms with van der Waals surface area (Å²) in [6.07, 6.45) is 2.46. The normalized spacial score (nSPS) is 11.0. The number of fused-ring (bicyclic) bond motifs is 1. The maximum atomic E-state index is 12.9. The van der Waals surface area contributed by atoms with Crippen molar-refractivity contribution >= 4 is 23.2 Å². The van der Waals surface area contributed by atoms with Crippen LogP contribution in [0.2, 0.25) is 5.02 Å². The summed E-state index contributed by atoms with van der Waals surface area (Å²) in [5.41, 5.74) is 6.70. The molecule has 1 N–H and O–H groups in total. The highest BCUT2D eigenvalue weighted by Crippen LogP contribution is 2.23. The summed E-state index contributed by atoms with van der Waals surface area (Å²) < 4.78 is 1.79. The Hall–Kier alpha value is -3.11. The van der Waals surface area contributed by atoms with E-state index in [1.165, 1.54) is 16.7 Å². The maximum absolute atomic E-state index is 12.9. The van der Waals surface area contributed by atoms with Gasteiger partial charge in [-0.2, -0.15) is 0 Å². The Morgan fingerprint density at radius 2 is 1.86 bits per heavy atom. The predicted molar refractivity (Wildman–Crippen MR) is 117 cm³/mol. The quantitative estimate of drug-likeness (QED) is 0.481. The second-order valence-electron chi connectivity index (χ2n) is 7.03. The number of halogens is 1. The van der Waals surface area contributed by atoms with Gasteiger partial charge in [0, 0.05) is 23.8 Å². The fourth-order valence-corrected chi connectivity index (χ4v) is 3.67. The van der Waals surface area contributed by atoms with E-state index in [-0.39, 0.29) is 5.91 Å². The minimum absolute atomic E-state index is 0.139. The van der Waals surface area contributed by atoms with Gasteiger partial charge < -0.3 is 5.32 Å². The van der Waals surface area contributed by atoms with Gasteiger partial charge in [0.2, 0.25) is 0 Å². The fraction of sp³-hybridized carbons (Fsp3) is 0.167. The van der Waals surface area contributed by atoms with Crippen molar-refractivity contribution in [1.29, 1.82) is 0 Å². The van der Waals surface area contributed by atoms with Gasteiger partial charge in [-0.1, -0.05) is 67.1 Å². The number of rotatable bonds is 5.